The second-order valence-electron chi connectivity index (χ2n) is 6.33. The Labute approximate surface area is 157 Å². The standard InChI is InChI=1S/C21H24N2O2S/c1-5-11-23-18-10-8-16(25-6-2)13-19(18)26-21(23)22-20(24)17-9-7-14(3)12-15(17)4/h7-10,12-13H,5-6,11H2,1-4H3. The first-order valence-corrected chi connectivity index (χ1v) is 9.77. The normalized spacial score (nSPS) is 11.9. The summed E-state index contributed by atoms with van der Waals surface area (Å²) in [4.78, 5) is 17.9. The molecule has 0 saturated heterocycles. The number of fused-ring (bicyclic) bond motifs is 1. The first kappa shape index (κ1) is 18.4. The van der Waals surface area contributed by atoms with Crippen LogP contribution in [0.3, 0.4) is 0 Å². The predicted molar refractivity (Wildman–Crippen MR) is 107 cm³/mol. The van der Waals surface area contributed by atoms with E-state index in [1.54, 1.807) is 0 Å². The zero-order valence-corrected chi connectivity index (χ0v) is 16.5. The average Bonchev–Trinajstić information content (AvgIpc) is 2.92. The highest BCUT2D eigenvalue weighted by atomic mass is 32.1. The molecule has 3 aromatic rings. The molecule has 0 bridgehead atoms. The van der Waals surface area contributed by atoms with E-state index in [0.717, 1.165) is 44.9 Å². The molecule has 0 radical (unpaired) electrons. The van der Waals surface area contributed by atoms with Gasteiger partial charge in [0.1, 0.15) is 5.75 Å². The molecule has 3 rings (SSSR count). The van der Waals surface area contributed by atoms with E-state index in [-0.39, 0.29) is 5.91 Å². The summed E-state index contributed by atoms with van der Waals surface area (Å²) in [5, 5.41) is 0. The van der Waals surface area contributed by atoms with Crippen molar-refractivity contribution in [1.29, 1.82) is 0 Å². The fourth-order valence-corrected chi connectivity index (χ4v) is 4.12. The molecule has 5 heteroatoms. The lowest BCUT2D eigenvalue weighted by Gasteiger charge is -2.05. The number of hydrogen-bond donors (Lipinski definition) is 0. The Hall–Kier alpha value is -2.40. The molecule has 4 nitrogen and oxygen atoms in total. The molecule has 0 atom stereocenters. The fourth-order valence-electron chi connectivity index (χ4n) is 3.04. The van der Waals surface area contributed by atoms with Crippen LogP contribution in [0, 0.1) is 13.8 Å². The van der Waals surface area contributed by atoms with Crippen LogP contribution in [0.25, 0.3) is 10.2 Å². The van der Waals surface area contributed by atoms with Gasteiger partial charge in [-0.25, -0.2) is 0 Å². The third-order valence-corrected chi connectivity index (χ3v) is 5.26. The Morgan fingerprint density at radius 2 is 1.96 bits per heavy atom. The fraction of sp³-hybridized carbons (Fsp3) is 0.333. The highest BCUT2D eigenvalue weighted by Gasteiger charge is 2.11. The molecule has 0 aliphatic rings. The number of aryl methyl sites for hydroxylation is 3. The summed E-state index contributed by atoms with van der Waals surface area (Å²) < 4.78 is 8.80. The number of benzene rings is 2. The van der Waals surface area contributed by atoms with Crippen molar-refractivity contribution >= 4 is 27.5 Å². The molecule has 1 amide bonds. The minimum Gasteiger partial charge on any atom is -0.494 e. The van der Waals surface area contributed by atoms with Crippen molar-refractivity contribution in [3.63, 3.8) is 0 Å². The molecule has 0 fully saturated rings. The number of hydrogen-bond acceptors (Lipinski definition) is 3. The molecule has 0 unspecified atom stereocenters. The minimum absolute atomic E-state index is 0.191. The number of ether oxygens (including phenoxy) is 1. The van der Waals surface area contributed by atoms with Crippen LogP contribution >= 0.6 is 11.3 Å². The second kappa shape index (κ2) is 7.87. The number of carbonyl (C=O) groups is 1. The summed E-state index contributed by atoms with van der Waals surface area (Å²) in [6, 6.07) is 11.9. The number of nitrogens with zero attached hydrogens (tertiary/aromatic N) is 2. The van der Waals surface area contributed by atoms with Gasteiger partial charge in [-0.1, -0.05) is 36.0 Å². The Morgan fingerprint density at radius 1 is 1.15 bits per heavy atom. The van der Waals surface area contributed by atoms with Gasteiger partial charge in [-0.3, -0.25) is 4.79 Å². The van der Waals surface area contributed by atoms with Crippen LogP contribution in [0.5, 0.6) is 5.75 Å². The van der Waals surface area contributed by atoms with Gasteiger partial charge >= 0.3 is 0 Å². The molecule has 0 aliphatic heterocycles. The van der Waals surface area contributed by atoms with Crippen molar-refractivity contribution in [1.82, 2.24) is 4.57 Å². The minimum atomic E-state index is -0.191. The van der Waals surface area contributed by atoms with Gasteiger partial charge in [-0.05, 0) is 57.0 Å². The van der Waals surface area contributed by atoms with E-state index in [1.807, 2.05) is 57.2 Å². The molecule has 0 aliphatic carbocycles. The van der Waals surface area contributed by atoms with E-state index >= 15 is 0 Å². The van der Waals surface area contributed by atoms with Crippen LogP contribution in [0.15, 0.2) is 41.4 Å². The maximum atomic E-state index is 12.8. The molecule has 0 spiro atoms. The van der Waals surface area contributed by atoms with Crippen molar-refractivity contribution in [2.75, 3.05) is 6.61 Å². The third-order valence-electron chi connectivity index (χ3n) is 4.22. The number of rotatable bonds is 5. The monoisotopic (exact) mass is 368 g/mol. The highest BCUT2D eigenvalue weighted by Crippen LogP contribution is 2.24. The molecule has 1 heterocycles. The third kappa shape index (κ3) is 3.73. The van der Waals surface area contributed by atoms with Gasteiger partial charge in [0.2, 0.25) is 0 Å². The number of amides is 1. The van der Waals surface area contributed by atoms with Crippen LogP contribution in [-0.2, 0) is 6.54 Å². The molecule has 2 aromatic carbocycles. The van der Waals surface area contributed by atoms with Crippen molar-refractivity contribution < 1.29 is 9.53 Å². The van der Waals surface area contributed by atoms with E-state index in [9.17, 15) is 4.79 Å². The topological polar surface area (TPSA) is 43.6 Å². The maximum absolute atomic E-state index is 12.8. The zero-order valence-electron chi connectivity index (χ0n) is 15.7. The Kier molecular flexibility index (Phi) is 5.57. The Morgan fingerprint density at radius 3 is 2.65 bits per heavy atom. The van der Waals surface area contributed by atoms with E-state index < -0.39 is 0 Å². The largest absolute Gasteiger partial charge is 0.494 e. The van der Waals surface area contributed by atoms with Crippen molar-refractivity contribution in [2.24, 2.45) is 4.99 Å². The van der Waals surface area contributed by atoms with E-state index in [4.69, 9.17) is 4.74 Å². The summed E-state index contributed by atoms with van der Waals surface area (Å²) in [5.74, 6) is 0.654. The van der Waals surface area contributed by atoms with Crippen molar-refractivity contribution in [3.8, 4) is 5.75 Å². The van der Waals surface area contributed by atoms with Crippen molar-refractivity contribution in [2.45, 2.75) is 40.7 Å². The van der Waals surface area contributed by atoms with Gasteiger partial charge in [0, 0.05) is 12.1 Å². The summed E-state index contributed by atoms with van der Waals surface area (Å²) in [6.07, 6.45) is 0.976. The van der Waals surface area contributed by atoms with Crippen LogP contribution in [-0.4, -0.2) is 17.1 Å². The summed E-state index contributed by atoms with van der Waals surface area (Å²) in [7, 11) is 0. The van der Waals surface area contributed by atoms with Gasteiger partial charge in [0.05, 0.1) is 16.8 Å². The lowest BCUT2D eigenvalue weighted by atomic mass is 10.1. The van der Waals surface area contributed by atoms with Crippen LogP contribution in [0.4, 0.5) is 0 Å². The lowest BCUT2D eigenvalue weighted by Crippen LogP contribution is -2.17. The molecular weight excluding hydrogens is 344 g/mol. The average molecular weight is 369 g/mol. The molecule has 1 aromatic heterocycles. The Balaban J connectivity index is 2.11. The van der Waals surface area contributed by atoms with E-state index in [0.29, 0.717) is 12.2 Å². The van der Waals surface area contributed by atoms with E-state index in [2.05, 4.69) is 16.5 Å². The van der Waals surface area contributed by atoms with Gasteiger partial charge in [0.25, 0.3) is 5.91 Å². The summed E-state index contributed by atoms with van der Waals surface area (Å²) >= 11 is 1.53. The number of aromatic nitrogens is 1. The number of thiazole rings is 1. The molecular formula is C21H24N2O2S. The van der Waals surface area contributed by atoms with Gasteiger partial charge in [-0.15, -0.1) is 0 Å². The summed E-state index contributed by atoms with van der Waals surface area (Å²) in [6.45, 7) is 9.53. The summed E-state index contributed by atoms with van der Waals surface area (Å²) in [5.41, 5.74) is 3.85. The lowest BCUT2D eigenvalue weighted by molar-refractivity contribution is 0.0997. The van der Waals surface area contributed by atoms with Gasteiger partial charge in [-0.2, -0.15) is 4.99 Å². The van der Waals surface area contributed by atoms with Gasteiger partial charge in [0.15, 0.2) is 4.80 Å². The maximum Gasteiger partial charge on any atom is 0.279 e. The molecule has 0 N–H and O–H groups in total. The van der Waals surface area contributed by atoms with Crippen LogP contribution in [0.2, 0.25) is 0 Å². The van der Waals surface area contributed by atoms with E-state index in [1.165, 1.54) is 11.3 Å². The Bertz CT molecular complexity index is 1010. The first-order chi connectivity index (χ1) is 12.5. The highest BCUT2D eigenvalue weighted by molar-refractivity contribution is 7.16. The second-order valence-corrected chi connectivity index (χ2v) is 7.34. The van der Waals surface area contributed by atoms with Gasteiger partial charge < -0.3 is 9.30 Å². The SMILES string of the molecule is CCCn1c(=NC(=O)c2ccc(C)cc2C)sc2cc(OCC)ccc21. The zero-order chi connectivity index (χ0) is 18.7. The molecule has 26 heavy (non-hydrogen) atoms. The quantitative estimate of drug-likeness (QED) is 0.645. The number of carbonyl (C=O) groups excluding carboxylic acids is 1. The van der Waals surface area contributed by atoms with Crippen LogP contribution < -0.4 is 9.54 Å². The first-order valence-electron chi connectivity index (χ1n) is 8.96. The predicted octanol–water partition coefficient (Wildman–Crippen LogP) is 4.87. The van der Waals surface area contributed by atoms with Crippen LogP contribution in [0.1, 0.15) is 41.8 Å². The molecule has 0 saturated carbocycles. The van der Waals surface area contributed by atoms with Crippen molar-refractivity contribution in [3.05, 3.63) is 57.9 Å². The molecule has 136 valence electrons. The smallest absolute Gasteiger partial charge is 0.279 e.